The van der Waals surface area contributed by atoms with Gasteiger partial charge in [0.1, 0.15) is 18.0 Å². The number of nitrogens with zero attached hydrogens (tertiary/aromatic N) is 4. The Kier molecular flexibility index (Phi) is 6.23. The van der Waals surface area contributed by atoms with E-state index in [0.29, 0.717) is 56.8 Å². The molecule has 0 aliphatic carbocycles. The van der Waals surface area contributed by atoms with Crippen LogP contribution in [-0.4, -0.2) is 42.7 Å². The number of methoxy groups -OCH3 is 2. The Labute approximate surface area is 214 Å². The third-order valence-electron chi connectivity index (χ3n) is 5.86. The lowest BCUT2D eigenvalue weighted by atomic mass is 10.2. The maximum atomic E-state index is 13.1. The van der Waals surface area contributed by atoms with E-state index in [1.165, 1.54) is 14.2 Å². The zero-order valence-electron chi connectivity index (χ0n) is 20.0. The van der Waals surface area contributed by atoms with Crippen LogP contribution in [0.2, 0.25) is 0 Å². The molecule has 194 valence electrons. The van der Waals surface area contributed by atoms with Gasteiger partial charge < -0.3 is 14.2 Å². The summed E-state index contributed by atoms with van der Waals surface area (Å²) < 4.78 is 56.0. The first kappa shape index (κ1) is 24.8. The molecule has 2 aromatic carbocycles. The number of aromatic nitrogens is 2. The minimum absolute atomic E-state index is 0.256. The molecule has 3 amide bonds. The average molecular weight is 524 g/mol. The summed E-state index contributed by atoms with van der Waals surface area (Å²) in [5, 5.41) is 0.680. The van der Waals surface area contributed by atoms with Crippen molar-refractivity contribution in [1.29, 1.82) is 0 Å². The molecule has 0 spiro atoms. The van der Waals surface area contributed by atoms with Crippen molar-refractivity contribution in [3.8, 4) is 23.0 Å². The highest BCUT2D eigenvalue weighted by Crippen LogP contribution is 2.37. The number of alkyl halides is 3. The van der Waals surface area contributed by atoms with Crippen LogP contribution in [0, 0.1) is 0 Å². The zero-order valence-corrected chi connectivity index (χ0v) is 20.0. The maximum Gasteiger partial charge on any atom is 0.417 e. The van der Waals surface area contributed by atoms with Crippen molar-refractivity contribution in [2.45, 2.75) is 6.18 Å². The summed E-state index contributed by atoms with van der Waals surface area (Å²) in [6, 6.07) is 11.4. The number of anilines is 2. The standard InChI is InChI=1S/C26H19F3N4O5/c1-36-22-10-19-20(11-23(22)37-2)31-8-7-21(19)38-18-5-3-16(4-6-18)32-14-24(34)33(25(32)35)17-9-15(12-30-13-17)26(27,28)29/h3-13H,14H2,1-2H3. The van der Waals surface area contributed by atoms with Gasteiger partial charge in [0.05, 0.1) is 37.2 Å². The van der Waals surface area contributed by atoms with Crippen molar-refractivity contribution in [3.63, 3.8) is 0 Å². The lowest BCUT2D eigenvalue weighted by Crippen LogP contribution is -2.33. The highest BCUT2D eigenvalue weighted by Gasteiger charge is 2.39. The number of hydrogen-bond acceptors (Lipinski definition) is 7. The van der Waals surface area contributed by atoms with E-state index in [2.05, 4.69) is 9.97 Å². The lowest BCUT2D eigenvalue weighted by molar-refractivity contribution is -0.137. The average Bonchev–Trinajstić information content (AvgIpc) is 3.21. The molecule has 0 N–H and O–H groups in total. The van der Waals surface area contributed by atoms with Gasteiger partial charge in [-0.25, -0.2) is 9.69 Å². The molecule has 0 radical (unpaired) electrons. The first-order valence-corrected chi connectivity index (χ1v) is 11.1. The number of carbonyl (C=O) groups excluding carboxylic acids is 2. The number of benzene rings is 2. The molecule has 4 aromatic rings. The molecule has 1 aliphatic heterocycles. The molecule has 1 aliphatic rings. The van der Waals surface area contributed by atoms with E-state index in [1.807, 2.05) is 0 Å². The number of pyridine rings is 2. The Hall–Kier alpha value is -4.87. The third-order valence-corrected chi connectivity index (χ3v) is 5.86. The predicted octanol–water partition coefficient (Wildman–Crippen LogP) is 5.43. The zero-order chi connectivity index (χ0) is 27.0. The second kappa shape index (κ2) is 9.54. The fourth-order valence-electron chi connectivity index (χ4n) is 4.02. The molecule has 0 bridgehead atoms. The van der Waals surface area contributed by atoms with Crippen molar-refractivity contribution in [2.24, 2.45) is 0 Å². The summed E-state index contributed by atoms with van der Waals surface area (Å²) in [6.07, 6.45) is -1.41. The second-order valence-corrected chi connectivity index (χ2v) is 8.16. The Morgan fingerprint density at radius 1 is 0.868 bits per heavy atom. The van der Waals surface area contributed by atoms with Gasteiger partial charge in [-0.05, 0) is 42.5 Å². The SMILES string of the molecule is COc1cc2nccc(Oc3ccc(N4CC(=O)N(c5cncc(C(F)(F)F)c5)C4=O)cc3)c2cc1OC. The molecular formula is C26H19F3N4O5. The second-order valence-electron chi connectivity index (χ2n) is 8.16. The summed E-state index contributed by atoms with van der Waals surface area (Å²) in [4.78, 5) is 35.2. The van der Waals surface area contributed by atoms with Crippen LogP contribution in [0.15, 0.2) is 67.1 Å². The fraction of sp³-hybridized carbons (Fsp3) is 0.154. The maximum absolute atomic E-state index is 13.1. The van der Waals surface area contributed by atoms with Crippen LogP contribution in [0.5, 0.6) is 23.0 Å². The molecule has 0 atom stereocenters. The number of amides is 3. The van der Waals surface area contributed by atoms with Gasteiger partial charge in [0.15, 0.2) is 11.5 Å². The Balaban J connectivity index is 1.38. The molecule has 1 saturated heterocycles. The van der Waals surface area contributed by atoms with Crippen molar-refractivity contribution in [2.75, 3.05) is 30.6 Å². The van der Waals surface area contributed by atoms with E-state index < -0.39 is 23.7 Å². The van der Waals surface area contributed by atoms with Gasteiger partial charge in [-0.15, -0.1) is 0 Å². The van der Waals surface area contributed by atoms with Crippen LogP contribution in [0.25, 0.3) is 10.9 Å². The van der Waals surface area contributed by atoms with E-state index in [1.54, 1.807) is 48.7 Å². The highest BCUT2D eigenvalue weighted by atomic mass is 19.4. The molecule has 12 heteroatoms. The van der Waals surface area contributed by atoms with Crippen LogP contribution in [0.1, 0.15) is 5.56 Å². The topological polar surface area (TPSA) is 94.1 Å². The molecule has 9 nitrogen and oxygen atoms in total. The Morgan fingerprint density at radius 3 is 2.26 bits per heavy atom. The van der Waals surface area contributed by atoms with Crippen molar-refractivity contribution in [3.05, 3.63) is 72.7 Å². The Morgan fingerprint density at radius 2 is 1.58 bits per heavy atom. The number of halogens is 3. The third kappa shape index (κ3) is 4.51. The van der Waals surface area contributed by atoms with E-state index in [-0.39, 0.29) is 12.2 Å². The summed E-state index contributed by atoms with van der Waals surface area (Å²) >= 11 is 0. The molecule has 3 heterocycles. The smallest absolute Gasteiger partial charge is 0.417 e. The van der Waals surface area contributed by atoms with Crippen molar-refractivity contribution >= 4 is 34.2 Å². The largest absolute Gasteiger partial charge is 0.493 e. The van der Waals surface area contributed by atoms with E-state index >= 15 is 0 Å². The van der Waals surface area contributed by atoms with Gasteiger partial charge >= 0.3 is 12.2 Å². The monoisotopic (exact) mass is 524 g/mol. The van der Waals surface area contributed by atoms with Gasteiger partial charge in [-0.2, -0.15) is 13.2 Å². The number of carbonyl (C=O) groups is 2. The number of imide groups is 1. The first-order valence-electron chi connectivity index (χ1n) is 11.1. The summed E-state index contributed by atoms with van der Waals surface area (Å²) in [5.74, 6) is 1.29. The van der Waals surface area contributed by atoms with E-state index in [0.717, 1.165) is 11.1 Å². The van der Waals surface area contributed by atoms with Crippen LogP contribution < -0.4 is 24.0 Å². The van der Waals surface area contributed by atoms with Crippen LogP contribution >= 0.6 is 0 Å². The number of hydrogen-bond donors (Lipinski definition) is 0. The minimum atomic E-state index is -4.66. The van der Waals surface area contributed by atoms with Crippen LogP contribution in [0.4, 0.5) is 29.3 Å². The Bertz CT molecular complexity index is 1540. The van der Waals surface area contributed by atoms with Crippen LogP contribution in [-0.2, 0) is 11.0 Å². The van der Waals surface area contributed by atoms with Gasteiger partial charge in [0.2, 0.25) is 0 Å². The first-order chi connectivity index (χ1) is 18.2. The van der Waals surface area contributed by atoms with E-state index in [4.69, 9.17) is 14.2 Å². The van der Waals surface area contributed by atoms with Crippen molar-refractivity contribution in [1.82, 2.24) is 9.97 Å². The van der Waals surface area contributed by atoms with Gasteiger partial charge in [-0.1, -0.05) is 0 Å². The number of fused-ring (bicyclic) bond motifs is 1. The molecule has 2 aromatic heterocycles. The van der Waals surface area contributed by atoms with Gasteiger partial charge in [0.25, 0.3) is 5.91 Å². The minimum Gasteiger partial charge on any atom is -0.493 e. The molecule has 1 fully saturated rings. The predicted molar refractivity (Wildman–Crippen MR) is 131 cm³/mol. The molecule has 0 saturated carbocycles. The highest BCUT2D eigenvalue weighted by molar-refractivity contribution is 6.26. The van der Waals surface area contributed by atoms with Gasteiger partial charge in [-0.3, -0.25) is 19.7 Å². The molecule has 5 rings (SSSR count). The van der Waals surface area contributed by atoms with Gasteiger partial charge in [0, 0.05) is 29.5 Å². The summed E-state index contributed by atoms with van der Waals surface area (Å²) in [6.45, 7) is -0.341. The van der Waals surface area contributed by atoms with Crippen molar-refractivity contribution < 1.29 is 37.0 Å². The van der Waals surface area contributed by atoms with Crippen LogP contribution in [0.3, 0.4) is 0 Å². The summed E-state index contributed by atoms with van der Waals surface area (Å²) in [7, 11) is 3.05. The molecular weight excluding hydrogens is 505 g/mol. The quantitative estimate of drug-likeness (QED) is 0.311. The molecule has 0 unspecified atom stereocenters. The number of rotatable bonds is 6. The molecule has 38 heavy (non-hydrogen) atoms. The van der Waals surface area contributed by atoms with E-state index in [9.17, 15) is 22.8 Å². The normalized spacial score (nSPS) is 13.8. The number of ether oxygens (including phenoxy) is 3. The lowest BCUT2D eigenvalue weighted by Gasteiger charge is -2.18. The number of urea groups is 1. The summed E-state index contributed by atoms with van der Waals surface area (Å²) in [5.41, 5.74) is -0.324. The fourth-order valence-corrected chi connectivity index (χ4v) is 4.02.